The number of nitrogen functional groups attached to an aromatic ring is 1. The maximum Gasteiger partial charge on any atom is 0.0349 e. The Morgan fingerprint density at radius 3 is 2.31 bits per heavy atom. The van der Waals surface area contributed by atoms with E-state index in [0.29, 0.717) is 18.4 Å². The van der Waals surface area contributed by atoms with Crippen molar-refractivity contribution in [1.29, 1.82) is 0 Å². The molecule has 0 aromatic heterocycles. The lowest BCUT2D eigenvalue weighted by atomic mass is 9.88. The van der Waals surface area contributed by atoms with E-state index in [-0.39, 0.29) is 0 Å². The molecule has 0 fully saturated rings. The number of benzene rings is 1. The summed E-state index contributed by atoms with van der Waals surface area (Å²) in [5, 5.41) is 0. The van der Waals surface area contributed by atoms with Crippen molar-refractivity contribution < 1.29 is 0 Å². The fraction of sp³-hybridized carbons (Fsp3) is 0.455. The summed E-state index contributed by atoms with van der Waals surface area (Å²) in [6, 6.07) is 7.96. The van der Waals surface area contributed by atoms with Gasteiger partial charge in [0.15, 0.2) is 0 Å². The Morgan fingerprint density at radius 2 is 1.85 bits per heavy atom. The molecule has 0 radical (unpaired) electrons. The van der Waals surface area contributed by atoms with E-state index < -0.39 is 0 Å². The Morgan fingerprint density at radius 1 is 1.23 bits per heavy atom. The van der Waals surface area contributed by atoms with Crippen molar-refractivity contribution >= 4 is 5.69 Å². The first-order valence-electron chi connectivity index (χ1n) is 4.71. The van der Waals surface area contributed by atoms with E-state index >= 15 is 0 Å². The molecule has 2 nitrogen and oxygen atoms in total. The summed E-state index contributed by atoms with van der Waals surface area (Å²) >= 11 is 0. The zero-order valence-electron chi connectivity index (χ0n) is 8.33. The zero-order chi connectivity index (χ0) is 9.84. The Hall–Kier alpha value is -1.02. The summed E-state index contributed by atoms with van der Waals surface area (Å²) in [5.41, 5.74) is 13.6. The van der Waals surface area contributed by atoms with E-state index in [1.54, 1.807) is 0 Å². The normalized spacial score (nSPS) is 13.2. The SMILES string of the molecule is CC(C)C(CN)c1ccccc1N. The standard InChI is InChI=1S/C11H18N2/c1-8(2)10(7-12)9-5-3-4-6-11(9)13/h3-6,8,10H,7,12-13H2,1-2H3. The summed E-state index contributed by atoms with van der Waals surface area (Å²) in [7, 11) is 0. The number of anilines is 1. The van der Waals surface area contributed by atoms with Gasteiger partial charge in [0.05, 0.1) is 0 Å². The van der Waals surface area contributed by atoms with E-state index in [4.69, 9.17) is 11.5 Å². The van der Waals surface area contributed by atoms with Crippen molar-refractivity contribution in [2.24, 2.45) is 11.7 Å². The zero-order valence-corrected chi connectivity index (χ0v) is 8.33. The van der Waals surface area contributed by atoms with Crippen molar-refractivity contribution in [3.05, 3.63) is 29.8 Å². The van der Waals surface area contributed by atoms with Gasteiger partial charge in [0.25, 0.3) is 0 Å². The number of para-hydroxylation sites is 1. The van der Waals surface area contributed by atoms with Crippen LogP contribution in [0.5, 0.6) is 0 Å². The van der Waals surface area contributed by atoms with Crippen LogP contribution in [0.25, 0.3) is 0 Å². The smallest absolute Gasteiger partial charge is 0.0349 e. The summed E-state index contributed by atoms with van der Waals surface area (Å²) in [6.45, 7) is 5.00. The number of nitrogens with two attached hydrogens (primary N) is 2. The third-order valence-corrected chi connectivity index (χ3v) is 2.45. The van der Waals surface area contributed by atoms with Gasteiger partial charge in [0, 0.05) is 11.6 Å². The number of hydrogen-bond donors (Lipinski definition) is 2. The van der Waals surface area contributed by atoms with Crippen LogP contribution in [0.3, 0.4) is 0 Å². The van der Waals surface area contributed by atoms with Crippen LogP contribution in [0.4, 0.5) is 5.69 Å². The lowest BCUT2D eigenvalue weighted by Crippen LogP contribution is -2.18. The molecule has 0 amide bonds. The van der Waals surface area contributed by atoms with Crippen LogP contribution in [0.2, 0.25) is 0 Å². The van der Waals surface area contributed by atoms with Crippen molar-refractivity contribution in [1.82, 2.24) is 0 Å². The summed E-state index contributed by atoms with van der Waals surface area (Å²) in [5.74, 6) is 0.913. The fourth-order valence-corrected chi connectivity index (χ4v) is 1.61. The highest BCUT2D eigenvalue weighted by atomic mass is 14.6. The van der Waals surface area contributed by atoms with E-state index in [2.05, 4.69) is 19.9 Å². The molecule has 4 N–H and O–H groups in total. The molecular formula is C11H18N2. The molecule has 0 spiro atoms. The molecule has 0 aliphatic heterocycles. The number of hydrogen-bond acceptors (Lipinski definition) is 2. The Labute approximate surface area is 79.9 Å². The van der Waals surface area contributed by atoms with Gasteiger partial charge >= 0.3 is 0 Å². The van der Waals surface area contributed by atoms with Gasteiger partial charge in [-0.05, 0) is 24.1 Å². The molecular weight excluding hydrogens is 160 g/mol. The van der Waals surface area contributed by atoms with Crippen LogP contribution in [0.15, 0.2) is 24.3 Å². The van der Waals surface area contributed by atoms with Crippen molar-refractivity contribution in [3.8, 4) is 0 Å². The van der Waals surface area contributed by atoms with Gasteiger partial charge in [0.1, 0.15) is 0 Å². The lowest BCUT2D eigenvalue weighted by molar-refractivity contribution is 0.507. The van der Waals surface area contributed by atoms with Gasteiger partial charge in [0.2, 0.25) is 0 Å². The monoisotopic (exact) mass is 178 g/mol. The minimum absolute atomic E-state index is 0.376. The van der Waals surface area contributed by atoms with Gasteiger partial charge < -0.3 is 11.5 Å². The Kier molecular flexibility index (Phi) is 3.32. The molecule has 1 rings (SSSR count). The van der Waals surface area contributed by atoms with Crippen LogP contribution >= 0.6 is 0 Å². The van der Waals surface area contributed by atoms with E-state index in [0.717, 1.165) is 5.69 Å². The van der Waals surface area contributed by atoms with Crippen LogP contribution < -0.4 is 11.5 Å². The topological polar surface area (TPSA) is 52.0 Å². The molecule has 0 aliphatic carbocycles. The predicted octanol–water partition coefficient (Wildman–Crippen LogP) is 1.97. The quantitative estimate of drug-likeness (QED) is 0.695. The summed E-state index contributed by atoms with van der Waals surface area (Å²) in [6.07, 6.45) is 0. The third-order valence-electron chi connectivity index (χ3n) is 2.45. The van der Waals surface area contributed by atoms with Crippen molar-refractivity contribution in [3.63, 3.8) is 0 Å². The number of rotatable bonds is 3. The molecule has 0 saturated heterocycles. The van der Waals surface area contributed by atoms with Gasteiger partial charge in [-0.25, -0.2) is 0 Å². The minimum atomic E-state index is 0.376. The first-order valence-corrected chi connectivity index (χ1v) is 4.71. The third kappa shape index (κ3) is 2.22. The first-order chi connectivity index (χ1) is 6.16. The highest BCUT2D eigenvalue weighted by Gasteiger charge is 2.15. The second-order valence-electron chi connectivity index (χ2n) is 3.72. The van der Waals surface area contributed by atoms with E-state index in [9.17, 15) is 0 Å². The van der Waals surface area contributed by atoms with E-state index in [1.165, 1.54) is 5.56 Å². The van der Waals surface area contributed by atoms with Gasteiger partial charge in [-0.2, -0.15) is 0 Å². The molecule has 1 atom stereocenters. The van der Waals surface area contributed by atoms with Gasteiger partial charge in [-0.3, -0.25) is 0 Å². The van der Waals surface area contributed by atoms with Crippen molar-refractivity contribution in [2.45, 2.75) is 19.8 Å². The second-order valence-corrected chi connectivity index (χ2v) is 3.72. The highest BCUT2D eigenvalue weighted by molar-refractivity contribution is 5.48. The molecule has 72 valence electrons. The van der Waals surface area contributed by atoms with E-state index in [1.807, 2.05) is 18.2 Å². The maximum atomic E-state index is 5.88. The van der Waals surface area contributed by atoms with Crippen LogP contribution in [-0.2, 0) is 0 Å². The molecule has 13 heavy (non-hydrogen) atoms. The van der Waals surface area contributed by atoms with Crippen LogP contribution in [-0.4, -0.2) is 6.54 Å². The molecule has 1 unspecified atom stereocenters. The molecule has 2 heteroatoms. The average Bonchev–Trinajstić information content (AvgIpc) is 2.09. The molecule has 0 aliphatic rings. The largest absolute Gasteiger partial charge is 0.398 e. The molecule has 0 heterocycles. The van der Waals surface area contributed by atoms with Crippen LogP contribution in [0, 0.1) is 5.92 Å². The van der Waals surface area contributed by atoms with Gasteiger partial charge in [-0.1, -0.05) is 32.0 Å². The predicted molar refractivity (Wildman–Crippen MR) is 57.5 cm³/mol. The molecule has 0 bridgehead atoms. The molecule has 1 aromatic rings. The molecule has 0 saturated carbocycles. The maximum absolute atomic E-state index is 5.88. The van der Waals surface area contributed by atoms with Crippen LogP contribution in [0.1, 0.15) is 25.3 Å². The Bertz CT molecular complexity index is 269. The van der Waals surface area contributed by atoms with Gasteiger partial charge in [-0.15, -0.1) is 0 Å². The average molecular weight is 178 g/mol. The first kappa shape index (κ1) is 10.1. The summed E-state index contributed by atoms with van der Waals surface area (Å²) in [4.78, 5) is 0. The Balaban J connectivity index is 2.97. The second kappa shape index (κ2) is 4.28. The fourth-order valence-electron chi connectivity index (χ4n) is 1.61. The highest BCUT2D eigenvalue weighted by Crippen LogP contribution is 2.27. The lowest BCUT2D eigenvalue weighted by Gasteiger charge is -2.20. The minimum Gasteiger partial charge on any atom is -0.398 e. The summed E-state index contributed by atoms with van der Waals surface area (Å²) < 4.78 is 0. The van der Waals surface area contributed by atoms with Crippen molar-refractivity contribution in [2.75, 3.05) is 12.3 Å². The molecule has 1 aromatic carbocycles.